The summed E-state index contributed by atoms with van der Waals surface area (Å²) >= 11 is 1.31. The van der Waals surface area contributed by atoms with Gasteiger partial charge in [-0.25, -0.2) is 0 Å². The maximum absolute atomic E-state index is 5.76. The highest BCUT2D eigenvalue weighted by molar-refractivity contribution is 7.01. The Morgan fingerprint density at radius 1 is 1.00 bits per heavy atom. The van der Waals surface area contributed by atoms with Gasteiger partial charge >= 0.3 is 0 Å². The first-order valence-corrected chi connectivity index (χ1v) is 14.2. The van der Waals surface area contributed by atoms with Crippen LogP contribution in [0.2, 0.25) is 39.3 Å². The average Bonchev–Trinajstić information content (AvgIpc) is 2.71. The molecule has 1 aromatic carbocycles. The van der Waals surface area contributed by atoms with Crippen molar-refractivity contribution in [2.75, 3.05) is 0 Å². The summed E-state index contributed by atoms with van der Waals surface area (Å²) in [5, 5.41) is 2.63. The summed E-state index contributed by atoms with van der Waals surface area (Å²) in [5.41, 5.74) is 3.20. The Morgan fingerprint density at radius 2 is 1.58 bits per heavy atom. The minimum absolute atomic E-state index is 1.04. The van der Waals surface area contributed by atoms with Gasteiger partial charge in [0.15, 0.2) is 0 Å². The third kappa shape index (κ3) is 2.53. The lowest BCUT2D eigenvalue weighted by Crippen LogP contribution is -2.45. The molecule has 19 heavy (non-hydrogen) atoms. The zero-order valence-electron chi connectivity index (χ0n) is 12.5. The normalized spacial score (nSPS) is 12.7. The van der Waals surface area contributed by atoms with Crippen LogP contribution in [-0.2, 0) is 0 Å². The van der Waals surface area contributed by atoms with Gasteiger partial charge in [0.25, 0.3) is 0 Å². The van der Waals surface area contributed by atoms with Crippen LogP contribution in [0.1, 0.15) is 5.56 Å². The number of fused-ring (bicyclic) bond motifs is 1. The number of aromatic nitrogens is 2. The van der Waals surface area contributed by atoms with E-state index in [4.69, 9.17) is 6.42 Å². The second-order valence-electron chi connectivity index (χ2n) is 6.95. The van der Waals surface area contributed by atoms with Gasteiger partial charge in [-0.15, -0.1) is 6.42 Å². The van der Waals surface area contributed by atoms with E-state index in [1.165, 1.54) is 22.1 Å². The van der Waals surface area contributed by atoms with E-state index in [2.05, 4.69) is 60.0 Å². The van der Waals surface area contributed by atoms with Crippen LogP contribution in [0.3, 0.4) is 0 Å². The molecule has 0 amide bonds. The molecule has 0 radical (unpaired) electrons. The molecule has 0 spiro atoms. The van der Waals surface area contributed by atoms with Gasteiger partial charge in [0, 0.05) is 5.56 Å². The van der Waals surface area contributed by atoms with E-state index < -0.39 is 16.1 Å². The van der Waals surface area contributed by atoms with Gasteiger partial charge in [0.2, 0.25) is 0 Å². The fourth-order valence-corrected chi connectivity index (χ4v) is 6.41. The van der Waals surface area contributed by atoms with E-state index >= 15 is 0 Å². The summed E-state index contributed by atoms with van der Waals surface area (Å²) in [6, 6.07) is 2.21. The predicted molar refractivity (Wildman–Crippen MR) is 91.3 cm³/mol. The lowest BCUT2D eigenvalue weighted by atomic mass is 10.2. The van der Waals surface area contributed by atoms with Crippen molar-refractivity contribution in [3.05, 3.63) is 11.6 Å². The SMILES string of the molecule is C#Cc1cc([Si](C)(C)C)c2nsnc2c1[Si](C)(C)C. The molecule has 1 aromatic heterocycles. The Bertz CT molecular complexity index is 670. The van der Waals surface area contributed by atoms with Crippen LogP contribution in [0.25, 0.3) is 11.0 Å². The summed E-state index contributed by atoms with van der Waals surface area (Å²) in [7, 11) is -3.00. The molecule has 0 N–H and O–H groups in total. The second kappa shape index (κ2) is 4.55. The minimum atomic E-state index is -1.53. The van der Waals surface area contributed by atoms with Gasteiger partial charge in [-0.1, -0.05) is 45.2 Å². The third-order valence-corrected chi connectivity index (χ3v) is 7.78. The zero-order valence-corrected chi connectivity index (χ0v) is 15.3. The van der Waals surface area contributed by atoms with E-state index in [9.17, 15) is 0 Å². The van der Waals surface area contributed by atoms with Crippen molar-refractivity contribution < 1.29 is 0 Å². The first-order chi connectivity index (χ1) is 8.66. The Morgan fingerprint density at radius 3 is 2.05 bits per heavy atom. The van der Waals surface area contributed by atoms with E-state index in [1.54, 1.807) is 0 Å². The molecule has 2 nitrogen and oxygen atoms in total. The molecular formula is C14H20N2SSi2. The molecule has 0 bridgehead atoms. The number of nitrogens with zero attached hydrogens (tertiary/aromatic N) is 2. The highest BCUT2D eigenvalue weighted by Gasteiger charge is 2.29. The fraction of sp³-hybridized carbons (Fsp3) is 0.429. The molecule has 0 aliphatic rings. The van der Waals surface area contributed by atoms with E-state index in [1.807, 2.05) is 0 Å². The second-order valence-corrected chi connectivity index (χ2v) is 17.5. The average molecular weight is 305 g/mol. The first kappa shape index (κ1) is 14.4. The van der Waals surface area contributed by atoms with E-state index in [0.717, 1.165) is 16.6 Å². The number of hydrogen-bond acceptors (Lipinski definition) is 3. The number of terminal acetylenes is 1. The summed E-state index contributed by atoms with van der Waals surface area (Å²) in [5.74, 6) is 2.89. The van der Waals surface area contributed by atoms with Gasteiger partial charge in [-0.3, -0.25) is 0 Å². The van der Waals surface area contributed by atoms with Gasteiger partial charge in [0.1, 0.15) is 11.0 Å². The van der Waals surface area contributed by atoms with Crippen molar-refractivity contribution in [2.24, 2.45) is 0 Å². The van der Waals surface area contributed by atoms with Gasteiger partial charge in [0.05, 0.1) is 27.9 Å². The minimum Gasteiger partial charge on any atom is -0.173 e. The van der Waals surface area contributed by atoms with Gasteiger partial charge in [-0.05, 0) is 16.4 Å². The van der Waals surface area contributed by atoms with Gasteiger partial charge in [-0.2, -0.15) is 8.75 Å². The van der Waals surface area contributed by atoms with Crippen molar-refractivity contribution in [3.8, 4) is 12.3 Å². The van der Waals surface area contributed by atoms with Gasteiger partial charge < -0.3 is 0 Å². The van der Waals surface area contributed by atoms with Crippen LogP contribution in [0, 0.1) is 12.3 Å². The molecular weight excluding hydrogens is 284 g/mol. The molecule has 5 heteroatoms. The van der Waals surface area contributed by atoms with Crippen molar-refractivity contribution in [1.82, 2.24) is 8.75 Å². The summed E-state index contributed by atoms with van der Waals surface area (Å²) in [6.07, 6.45) is 5.76. The third-order valence-electron chi connectivity index (χ3n) is 3.25. The quantitative estimate of drug-likeness (QED) is 0.630. The van der Waals surface area contributed by atoms with Crippen LogP contribution >= 0.6 is 11.7 Å². The summed E-state index contributed by atoms with van der Waals surface area (Å²) in [6.45, 7) is 13.9. The fourth-order valence-electron chi connectivity index (χ4n) is 2.39. The smallest absolute Gasteiger partial charge is 0.105 e. The molecule has 0 aliphatic heterocycles. The van der Waals surface area contributed by atoms with Crippen LogP contribution in [0.4, 0.5) is 0 Å². The number of rotatable bonds is 2. The number of benzene rings is 1. The summed E-state index contributed by atoms with van der Waals surface area (Å²) in [4.78, 5) is 0. The molecule has 2 rings (SSSR count). The first-order valence-electron chi connectivity index (χ1n) is 6.43. The largest absolute Gasteiger partial charge is 0.173 e. The van der Waals surface area contributed by atoms with E-state index in [-0.39, 0.29) is 0 Å². The van der Waals surface area contributed by atoms with Crippen LogP contribution in [0.5, 0.6) is 0 Å². The summed E-state index contributed by atoms with van der Waals surface area (Å²) < 4.78 is 9.11. The maximum Gasteiger partial charge on any atom is 0.105 e. The predicted octanol–water partition coefficient (Wildman–Crippen LogP) is 2.76. The zero-order chi connectivity index (χ0) is 14.4. The number of hydrogen-bond donors (Lipinski definition) is 0. The maximum atomic E-state index is 5.76. The van der Waals surface area contributed by atoms with E-state index in [0.29, 0.717) is 0 Å². The molecule has 1 heterocycles. The van der Waals surface area contributed by atoms with Crippen molar-refractivity contribution in [1.29, 1.82) is 0 Å². The molecule has 0 saturated heterocycles. The molecule has 0 saturated carbocycles. The lowest BCUT2D eigenvalue weighted by molar-refractivity contribution is 1.61. The Hall–Kier alpha value is -0.966. The van der Waals surface area contributed by atoms with Crippen molar-refractivity contribution in [3.63, 3.8) is 0 Å². The topological polar surface area (TPSA) is 25.8 Å². The Balaban J connectivity index is 2.95. The standard InChI is InChI=1S/C14H20N2SSi2/c1-8-10-9-11(18(2,3)4)12-13(16-17-15-12)14(10)19(5,6)7/h1,9H,2-7H3. The molecule has 0 fully saturated rings. The molecule has 0 atom stereocenters. The van der Waals surface area contributed by atoms with Crippen LogP contribution < -0.4 is 10.4 Å². The van der Waals surface area contributed by atoms with Crippen molar-refractivity contribution >= 4 is 49.3 Å². The van der Waals surface area contributed by atoms with Crippen LogP contribution in [-0.4, -0.2) is 24.9 Å². The molecule has 2 aromatic rings. The molecule has 100 valence electrons. The Kier molecular flexibility index (Phi) is 3.46. The van der Waals surface area contributed by atoms with Crippen LogP contribution in [0.15, 0.2) is 6.07 Å². The molecule has 0 unspecified atom stereocenters. The molecule has 0 aliphatic carbocycles. The monoisotopic (exact) mass is 304 g/mol. The van der Waals surface area contributed by atoms with Crippen molar-refractivity contribution in [2.45, 2.75) is 39.3 Å². The highest BCUT2D eigenvalue weighted by Crippen LogP contribution is 2.18. The Labute approximate surface area is 121 Å². The lowest BCUT2D eigenvalue weighted by Gasteiger charge is -2.23. The highest BCUT2D eigenvalue weighted by atomic mass is 32.1.